The van der Waals surface area contributed by atoms with Crippen LogP contribution in [0, 0.1) is 0 Å². The molecule has 2 aromatic carbocycles. The molecule has 1 fully saturated rings. The van der Waals surface area contributed by atoms with Crippen molar-refractivity contribution in [3.63, 3.8) is 0 Å². The first-order chi connectivity index (χ1) is 21.6. The summed E-state index contributed by atoms with van der Waals surface area (Å²) in [5, 5.41) is 15.0. The molecule has 236 valence electrons. The van der Waals surface area contributed by atoms with Crippen molar-refractivity contribution in [3.8, 4) is 28.6 Å². The number of H-pyrrole nitrogens is 1. The Kier molecular flexibility index (Phi) is 7.97. The number of hydrogen-bond acceptors (Lipinski definition) is 12. The summed E-state index contributed by atoms with van der Waals surface area (Å²) in [7, 11) is 3.87. The van der Waals surface area contributed by atoms with Crippen LogP contribution in [0.2, 0.25) is 0 Å². The van der Waals surface area contributed by atoms with Crippen LogP contribution in [-0.2, 0) is 10.0 Å². The Labute approximate surface area is 260 Å². The number of anilines is 3. The van der Waals surface area contributed by atoms with Crippen molar-refractivity contribution in [1.29, 1.82) is 0 Å². The molecule has 5 aromatic rings. The Morgan fingerprint density at radius 3 is 2.38 bits per heavy atom. The number of ether oxygens (including phenoxy) is 3. The summed E-state index contributed by atoms with van der Waals surface area (Å²) in [6.45, 7) is 2.03. The lowest BCUT2D eigenvalue weighted by Crippen LogP contribution is -2.18. The highest BCUT2D eigenvalue weighted by Crippen LogP contribution is 2.42. The first-order valence-electron chi connectivity index (χ1n) is 14.2. The largest absolute Gasteiger partial charge is 0.495 e. The molecule has 1 aliphatic rings. The standard InChI is InChI=1S/C30H34N8O6S/c1-16(38(2)3)20-9-10-31-29(33-20)18-11-25(42-5)28(26(12-18)43-6)45(39,40)37-30-19-13-24(41-4)22(14-23(19)44-36-30)32-27-15-21(34-35-27)17-7-8-17/h9-17H,7-8H2,1-6H3,(H,36,37)(H2,32,34,35). The fourth-order valence-corrected chi connectivity index (χ4v) is 6.23. The lowest BCUT2D eigenvalue weighted by Gasteiger charge is -2.19. The number of nitrogens with one attached hydrogen (secondary N) is 3. The lowest BCUT2D eigenvalue weighted by atomic mass is 10.1. The molecule has 6 rings (SSSR count). The minimum absolute atomic E-state index is 0.0347. The van der Waals surface area contributed by atoms with Crippen molar-refractivity contribution in [2.24, 2.45) is 0 Å². The van der Waals surface area contributed by atoms with Gasteiger partial charge in [-0.05, 0) is 58.1 Å². The maximum Gasteiger partial charge on any atom is 0.270 e. The minimum atomic E-state index is -4.31. The third kappa shape index (κ3) is 5.95. The van der Waals surface area contributed by atoms with Crippen molar-refractivity contribution in [3.05, 3.63) is 54.0 Å². The van der Waals surface area contributed by atoms with Crippen LogP contribution in [-0.4, -0.2) is 74.1 Å². The topological polar surface area (TPSA) is 170 Å². The zero-order valence-corrected chi connectivity index (χ0v) is 26.5. The summed E-state index contributed by atoms with van der Waals surface area (Å²) < 4.78 is 52.4. The van der Waals surface area contributed by atoms with E-state index in [1.165, 1.54) is 21.3 Å². The van der Waals surface area contributed by atoms with Gasteiger partial charge in [0.25, 0.3) is 10.0 Å². The fourth-order valence-electron chi connectivity index (χ4n) is 4.91. The van der Waals surface area contributed by atoms with Crippen LogP contribution in [0.1, 0.15) is 43.1 Å². The minimum Gasteiger partial charge on any atom is -0.495 e. The smallest absolute Gasteiger partial charge is 0.270 e. The van der Waals surface area contributed by atoms with E-state index in [-0.39, 0.29) is 28.3 Å². The molecule has 15 heteroatoms. The molecule has 3 heterocycles. The average molecular weight is 635 g/mol. The Bertz CT molecular complexity index is 1940. The van der Waals surface area contributed by atoms with Gasteiger partial charge in [0.1, 0.15) is 17.2 Å². The van der Waals surface area contributed by atoms with E-state index in [4.69, 9.17) is 18.7 Å². The summed E-state index contributed by atoms with van der Waals surface area (Å²) in [4.78, 5) is 10.9. The second kappa shape index (κ2) is 11.9. The van der Waals surface area contributed by atoms with Crippen molar-refractivity contribution in [2.75, 3.05) is 45.5 Å². The van der Waals surface area contributed by atoms with E-state index in [0.29, 0.717) is 45.5 Å². The van der Waals surface area contributed by atoms with Crippen molar-refractivity contribution < 1.29 is 27.2 Å². The molecule has 3 aromatic heterocycles. The highest BCUT2D eigenvalue weighted by Gasteiger charge is 2.29. The molecule has 0 amide bonds. The number of aromatic amines is 1. The van der Waals surface area contributed by atoms with Gasteiger partial charge in [-0.25, -0.2) is 18.4 Å². The van der Waals surface area contributed by atoms with Crippen LogP contribution >= 0.6 is 0 Å². The predicted octanol–water partition coefficient (Wildman–Crippen LogP) is 5.08. The normalized spacial score (nSPS) is 14.0. The van der Waals surface area contributed by atoms with Gasteiger partial charge in [0.05, 0.1) is 38.1 Å². The maximum atomic E-state index is 13.8. The van der Waals surface area contributed by atoms with Crippen molar-refractivity contribution >= 4 is 38.3 Å². The molecule has 0 spiro atoms. The Morgan fingerprint density at radius 2 is 1.73 bits per heavy atom. The molecule has 1 saturated carbocycles. The quantitative estimate of drug-likeness (QED) is 0.167. The third-order valence-corrected chi connectivity index (χ3v) is 9.17. The van der Waals surface area contributed by atoms with Gasteiger partial charge in [-0.2, -0.15) is 5.10 Å². The van der Waals surface area contributed by atoms with Crippen LogP contribution < -0.4 is 24.2 Å². The van der Waals surface area contributed by atoms with Gasteiger partial charge >= 0.3 is 0 Å². The van der Waals surface area contributed by atoms with Gasteiger partial charge in [-0.1, -0.05) is 5.16 Å². The molecule has 1 unspecified atom stereocenters. The van der Waals surface area contributed by atoms with Gasteiger partial charge in [0.15, 0.2) is 27.9 Å². The second-order valence-corrected chi connectivity index (χ2v) is 12.6. The fraction of sp³-hybridized carbons (Fsp3) is 0.333. The Balaban J connectivity index is 1.32. The number of aromatic nitrogens is 5. The maximum absolute atomic E-state index is 13.8. The zero-order valence-electron chi connectivity index (χ0n) is 25.7. The van der Waals surface area contributed by atoms with E-state index in [0.717, 1.165) is 24.2 Å². The summed E-state index contributed by atoms with van der Waals surface area (Å²) in [6, 6.07) is 10.3. The van der Waals surface area contributed by atoms with Crippen LogP contribution in [0.3, 0.4) is 0 Å². The van der Waals surface area contributed by atoms with Gasteiger partial charge in [-0.3, -0.25) is 9.82 Å². The summed E-state index contributed by atoms with van der Waals surface area (Å²) in [5.74, 6) is 2.02. The number of fused-ring (bicyclic) bond motifs is 1. The first kappa shape index (κ1) is 30.1. The van der Waals surface area contributed by atoms with Gasteiger partial charge in [0.2, 0.25) is 0 Å². The summed E-state index contributed by atoms with van der Waals surface area (Å²) in [5.41, 5.74) is 3.31. The first-order valence-corrected chi connectivity index (χ1v) is 15.7. The number of benzene rings is 2. The second-order valence-electron chi connectivity index (χ2n) is 10.9. The van der Waals surface area contributed by atoms with E-state index < -0.39 is 10.0 Å². The number of rotatable bonds is 12. The monoisotopic (exact) mass is 634 g/mol. The molecule has 45 heavy (non-hydrogen) atoms. The zero-order chi connectivity index (χ0) is 31.9. The van der Waals surface area contributed by atoms with Gasteiger partial charge in [0, 0.05) is 41.5 Å². The van der Waals surface area contributed by atoms with Crippen molar-refractivity contribution in [1.82, 2.24) is 30.2 Å². The van der Waals surface area contributed by atoms with Crippen molar-refractivity contribution in [2.45, 2.75) is 36.6 Å². The molecule has 0 bridgehead atoms. The number of sulfonamides is 1. The molecule has 0 radical (unpaired) electrons. The van der Waals surface area contributed by atoms with Gasteiger partial charge in [-0.15, -0.1) is 0 Å². The van der Waals surface area contributed by atoms with Crippen LogP contribution in [0.5, 0.6) is 17.2 Å². The molecule has 3 N–H and O–H groups in total. The van der Waals surface area contributed by atoms with Crippen LogP contribution in [0.15, 0.2) is 52.0 Å². The molecule has 14 nitrogen and oxygen atoms in total. The van der Waals surface area contributed by atoms with E-state index in [1.807, 2.05) is 38.1 Å². The average Bonchev–Trinajstić information content (AvgIpc) is 3.68. The highest BCUT2D eigenvalue weighted by atomic mass is 32.2. The number of hydrogen-bond donors (Lipinski definition) is 3. The van der Waals surface area contributed by atoms with Gasteiger partial charge < -0.3 is 29.0 Å². The molecular formula is C30H34N8O6S. The Morgan fingerprint density at radius 1 is 1.02 bits per heavy atom. The number of methoxy groups -OCH3 is 3. The molecule has 1 aliphatic carbocycles. The van der Waals surface area contributed by atoms with Crippen LogP contribution in [0.4, 0.5) is 17.3 Å². The summed E-state index contributed by atoms with van der Waals surface area (Å²) >= 11 is 0. The Hall–Kier alpha value is -4.89. The van der Waals surface area contributed by atoms with Crippen LogP contribution in [0.25, 0.3) is 22.4 Å². The van der Waals surface area contributed by atoms with E-state index in [1.54, 1.807) is 30.5 Å². The molecule has 1 atom stereocenters. The lowest BCUT2D eigenvalue weighted by molar-refractivity contribution is 0.315. The highest BCUT2D eigenvalue weighted by molar-refractivity contribution is 7.93. The van der Waals surface area contributed by atoms with E-state index in [9.17, 15) is 8.42 Å². The molecular weight excluding hydrogens is 600 g/mol. The predicted molar refractivity (Wildman–Crippen MR) is 168 cm³/mol. The van der Waals surface area contributed by atoms with E-state index >= 15 is 0 Å². The summed E-state index contributed by atoms with van der Waals surface area (Å²) in [6.07, 6.45) is 3.95. The third-order valence-electron chi connectivity index (χ3n) is 7.77. The number of nitrogens with zero attached hydrogens (tertiary/aromatic N) is 5. The van der Waals surface area contributed by atoms with E-state index in [2.05, 4.69) is 35.4 Å². The molecule has 0 saturated heterocycles. The SMILES string of the molecule is COc1cc2c(NS(=O)(=O)c3c(OC)cc(-c4nccc(C(C)N(C)C)n4)cc3OC)noc2cc1Nc1cc(C2CC2)[nH]n1. The molecule has 0 aliphatic heterocycles.